The highest BCUT2D eigenvalue weighted by Crippen LogP contribution is 2.32. The fourth-order valence-corrected chi connectivity index (χ4v) is 4.03. The van der Waals surface area contributed by atoms with Gasteiger partial charge >= 0.3 is 0 Å². The first-order chi connectivity index (χ1) is 15.9. The molecule has 0 fully saturated rings. The number of hydrogen-bond donors (Lipinski definition) is 3. The van der Waals surface area contributed by atoms with Crippen molar-refractivity contribution in [3.05, 3.63) is 93.7 Å². The SMILES string of the molecule is CC/C(=C(\F)C(=O)Nc1ccc(-c2ccccc2CN)cc1Br)c1cccc(/C(C)=N/O)c1. The maximum absolute atomic E-state index is 15.2. The molecule has 33 heavy (non-hydrogen) atoms. The van der Waals surface area contributed by atoms with E-state index in [2.05, 4.69) is 26.4 Å². The summed E-state index contributed by atoms with van der Waals surface area (Å²) in [6.07, 6.45) is 0.313. The number of carbonyl (C=O) groups excluding carboxylic acids is 1. The van der Waals surface area contributed by atoms with E-state index in [1.54, 1.807) is 44.2 Å². The predicted octanol–water partition coefficient (Wildman–Crippen LogP) is 6.50. The fraction of sp³-hybridized carbons (Fsp3) is 0.154. The zero-order valence-electron chi connectivity index (χ0n) is 18.4. The molecule has 0 saturated heterocycles. The van der Waals surface area contributed by atoms with Crippen molar-refractivity contribution in [3.8, 4) is 11.1 Å². The number of anilines is 1. The molecular weight excluding hydrogens is 485 g/mol. The molecule has 0 saturated carbocycles. The molecule has 5 nitrogen and oxygen atoms in total. The van der Waals surface area contributed by atoms with E-state index in [1.807, 2.05) is 36.4 Å². The summed E-state index contributed by atoms with van der Waals surface area (Å²) in [5.41, 5.74) is 11.1. The Balaban J connectivity index is 1.89. The van der Waals surface area contributed by atoms with Crippen molar-refractivity contribution < 1.29 is 14.4 Å². The molecule has 0 atom stereocenters. The molecule has 0 aromatic heterocycles. The molecule has 0 aliphatic carbocycles. The molecule has 7 heteroatoms. The number of hydrogen-bond acceptors (Lipinski definition) is 4. The molecule has 1 amide bonds. The molecule has 3 aromatic carbocycles. The number of nitrogens with one attached hydrogen (secondary N) is 1. The van der Waals surface area contributed by atoms with Gasteiger partial charge in [0.15, 0.2) is 5.83 Å². The smallest absolute Gasteiger partial charge is 0.284 e. The van der Waals surface area contributed by atoms with Gasteiger partial charge in [-0.2, -0.15) is 0 Å². The van der Waals surface area contributed by atoms with E-state index >= 15 is 4.39 Å². The molecule has 4 N–H and O–H groups in total. The van der Waals surface area contributed by atoms with Crippen molar-refractivity contribution in [2.45, 2.75) is 26.8 Å². The molecule has 0 heterocycles. The number of nitrogens with two attached hydrogens (primary N) is 1. The Labute approximate surface area is 201 Å². The third kappa shape index (κ3) is 5.56. The first kappa shape index (κ1) is 24.4. The van der Waals surface area contributed by atoms with E-state index in [1.165, 1.54) is 0 Å². The van der Waals surface area contributed by atoms with E-state index < -0.39 is 11.7 Å². The molecule has 170 valence electrons. The van der Waals surface area contributed by atoms with E-state index in [0.29, 0.717) is 40.0 Å². The van der Waals surface area contributed by atoms with Crippen LogP contribution in [0.2, 0.25) is 0 Å². The van der Waals surface area contributed by atoms with Crippen LogP contribution in [0.3, 0.4) is 0 Å². The highest BCUT2D eigenvalue weighted by molar-refractivity contribution is 9.10. The van der Waals surface area contributed by atoms with Crippen LogP contribution in [0.1, 0.15) is 37.0 Å². The summed E-state index contributed by atoms with van der Waals surface area (Å²) in [5, 5.41) is 14.8. The third-order valence-electron chi connectivity index (χ3n) is 5.36. The van der Waals surface area contributed by atoms with Crippen LogP contribution in [-0.4, -0.2) is 16.8 Å². The lowest BCUT2D eigenvalue weighted by atomic mass is 9.98. The lowest BCUT2D eigenvalue weighted by molar-refractivity contribution is -0.114. The lowest BCUT2D eigenvalue weighted by Crippen LogP contribution is -2.14. The maximum atomic E-state index is 15.2. The minimum Gasteiger partial charge on any atom is -0.411 e. The highest BCUT2D eigenvalue weighted by Gasteiger charge is 2.18. The Morgan fingerprint density at radius 3 is 2.48 bits per heavy atom. The number of halogens is 2. The van der Waals surface area contributed by atoms with E-state index in [-0.39, 0.29) is 5.57 Å². The molecular formula is C26H25BrFN3O2. The monoisotopic (exact) mass is 509 g/mol. The van der Waals surface area contributed by atoms with Gasteiger partial charge in [0.05, 0.1) is 11.4 Å². The highest BCUT2D eigenvalue weighted by atomic mass is 79.9. The second-order valence-corrected chi connectivity index (χ2v) is 8.28. The number of rotatable bonds is 7. The number of nitrogens with zero attached hydrogens (tertiary/aromatic N) is 1. The summed E-state index contributed by atoms with van der Waals surface area (Å²) >= 11 is 3.48. The minimum atomic E-state index is -0.863. The van der Waals surface area contributed by atoms with Crippen LogP contribution < -0.4 is 11.1 Å². The maximum Gasteiger partial charge on any atom is 0.284 e. The Morgan fingerprint density at radius 2 is 1.82 bits per heavy atom. The van der Waals surface area contributed by atoms with Crippen LogP contribution in [0.4, 0.5) is 10.1 Å². The van der Waals surface area contributed by atoms with Gasteiger partial charge in [-0.25, -0.2) is 4.39 Å². The van der Waals surface area contributed by atoms with Crippen molar-refractivity contribution in [1.82, 2.24) is 0 Å². The Kier molecular flexibility index (Phi) is 8.14. The molecule has 0 spiro atoms. The van der Waals surface area contributed by atoms with E-state index in [9.17, 15) is 4.79 Å². The van der Waals surface area contributed by atoms with Gasteiger partial charge < -0.3 is 16.3 Å². The quantitative estimate of drug-likeness (QED) is 0.147. The minimum absolute atomic E-state index is 0.268. The molecule has 3 rings (SSSR count). The van der Waals surface area contributed by atoms with Crippen molar-refractivity contribution in [1.29, 1.82) is 0 Å². The van der Waals surface area contributed by atoms with Crippen molar-refractivity contribution in [2.24, 2.45) is 10.9 Å². The van der Waals surface area contributed by atoms with Gasteiger partial charge in [0.2, 0.25) is 0 Å². The number of oxime groups is 1. The second-order valence-electron chi connectivity index (χ2n) is 7.42. The van der Waals surface area contributed by atoms with Crippen molar-refractivity contribution >= 4 is 38.8 Å². The summed E-state index contributed by atoms with van der Waals surface area (Å²) in [5.74, 6) is -1.70. The summed E-state index contributed by atoms with van der Waals surface area (Å²) in [7, 11) is 0. The van der Waals surface area contributed by atoms with Gasteiger partial charge in [-0.3, -0.25) is 4.79 Å². The molecule has 3 aromatic rings. The Bertz CT molecular complexity index is 1240. The topological polar surface area (TPSA) is 87.7 Å². The average molecular weight is 510 g/mol. The summed E-state index contributed by atoms with van der Waals surface area (Å²) < 4.78 is 15.8. The van der Waals surface area contributed by atoms with E-state index in [4.69, 9.17) is 10.9 Å². The van der Waals surface area contributed by atoms with Gasteiger partial charge in [0.25, 0.3) is 5.91 Å². The molecule has 0 radical (unpaired) electrons. The fourth-order valence-electron chi connectivity index (χ4n) is 3.55. The number of carbonyl (C=O) groups is 1. The van der Waals surface area contributed by atoms with Crippen molar-refractivity contribution in [3.63, 3.8) is 0 Å². The number of amides is 1. The van der Waals surface area contributed by atoms with Gasteiger partial charge in [0, 0.05) is 16.6 Å². The van der Waals surface area contributed by atoms with Crippen LogP contribution in [0.25, 0.3) is 16.7 Å². The standard InChI is InChI=1S/C26H25BrFN3O2/c1-3-21(18-9-6-8-17(13-18)16(2)31-33)25(28)26(32)30-24-12-11-19(14-23(24)27)22-10-5-4-7-20(22)15-29/h4-14,33H,3,15,29H2,1-2H3,(H,30,32)/b25-21+,31-16+. The van der Waals surface area contributed by atoms with Crippen LogP contribution in [0, 0.1) is 0 Å². The lowest BCUT2D eigenvalue weighted by Gasteiger charge is -2.13. The predicted molar refractivity (Wildman–Crippen MR) is 135 cm³/mol. The zero-order chi connectivity index (χ0) is 24.0. The van der Waals surface area contributed by atoms with Gasteiger partial charge in [-0.1, -0.05) is 60.6 Å². The Morgan fingerprint density at radius 1 is 1.09 bits per heavy atom. The number of allylic oxidation sites excluding steroid dienone is 1. The summed E-state index contributed by atoms with van der Waals surface area (Å²) in [6, 6.07) is 20.2. The third-order valence-corrected chi connectivity index (χ3v) is 6.02. The van der Waals surface area contributed by atoms with Crippen molar-refractivity contribution in [2.75, 3.05) is 5.32 Å². The number of benzene rings is 3. The van der Waals surface area contributed by atoms with Gasteiger partial charge in [-0.15, -0.1) is 0 Å². The van der Waals surface area contributed by atoms with Crippen LogP contribution in [-0.2, 0) is 11.3 Å². The largest absolute Gasteiger partial charge is 0.411 e. The second kappa shape index (κ2) is 11.0. The average Bonchev–Trinajstić information content (AvgIpc) is 2.85. The van der Waals surface area contributed by atoms with E-state index in [0.717, 1.165) is 16.7 Å². The molecule has 0 bridgehead atoms. The molecule has 0 unspecified atom stereocenters. The van der Waals surface area contributed by atoms with Crippen LogP contribution >= 0.6 is 15.9 Å². The first-order valence-corrected chi connectivity index (χ1v) is 11.3. The zero-order valence-corrected chi connectivity index (χ0v) is 20.0. The Hall–Kier alpha value is -3.29. The van der Waals surface area contributed by atoms with Crippen LogP contribution in [0.15, 0.2) is 82.2 Å². The summed E-state index contributed by atoms with van der Waals surface area (Å²) in [4.78, 5) is 12.7. The molecule has 0 aliphatic heterocycles. The van der Waals surface area contributed by atoms with Crippen LogP contribution in [0.5, 0.6) is 0 Å². The van der Waals surface area contributed by atoms with Gasteiger partial charge in [-0.05, 0) is 75.3 Å². The summed E-state index contributed by atoms with van der Waals surface area (Å²) in [6.45, 7) is 3.83. The van der Waals surface area contributed by atoms with Gasteiger partial charge in [0.1, 0.15) is 0 Å². The first-order valence-electron chi connectivity index (χ1n) is 10.5. The normalized spacial score (nSPS) is 12.3. The molecule has 0 aliphatic rings.